The van der Waals surface area contributed by atoms with E-state index in [0.717, 1.165) is 25.3 Å². The third kappa shape index (κ3) is 3.41. The number of benzene rings is 1. The number of hydrogen-bond acceptors (Lipinski definition) is 2. The van der Waals surface area contributed by atoms with Gasteiger partial charge in [0, 0.05) is 13.2 Å². The van der Waals surface area contributed by atoms with Gasteiger partial charge in [-0.3, -0.25) is 0 Å². The van der Waals surface area contributed by atoms with Crippen molar-refractivity contribution in [1.29, 1.82) is 0 Å². The number of hydrogen-bond donors (Lipinski definition) is 2. The molecule has 0 radical (unpaired) electrons. The van der Waals surface area contributed by atoms with E-state index in [1.54, 1.807) is 0 Å². The van der Waals surface area contributed by atoms with Crippen molar-refractivity contribution in [1.82, 2.24) is 0 Å². The van der Waals surface area contributed by atoms with Gasteiger partial charge in [0.05, 0.1) is 6.61 Å². The van der Waals surface area contributed by atoms with E-state index in [0.29, 0.717) is 0 Å². The molecule has 12 heavy (non-hydrogen) atoms. The molecule has 1 aromatic rings. The first-order chi connectivity index (χ1) is 5.72. The minimum absolute atomic E-state index is 0.248. The summed E-state index contributed by atoms with van der Waals surface area (Å²) in [6, 6.07) is 2.94. The van der Waals surface area contributed by atoms with Crippen molar-refractivity contribution in [2.45, 2.75) is 6.61 Å². The number of rotatable bonds is 1. The van der Waals surface area contributed by atoms with Gasteiger partial charge >= 0.3 is 0 Å². The molecule has 0 aliphatic heterocycles. The van der Waals surface area contributed by atoms with Crippen LogP contribution in [0.5, 0.6) is 0 Å². The van der Waals surface area contributed by atoms with Crippen molar-refractivity contribution in [3.63, 3.8) is 0 Å². The van der Waals surface area contributed by atoms with E-state index in [1.165, 1.54) is 0 Å². The summed E-state index contributed by atoms with van der Waals surface area (Å²) in [5, 5.41) is 15.5. The topological polar surface area (TPSA) is 40.5 Å². The average molecular weight is 176 g/mol. The van der Waals surface area contributed by atoms with Gasteiger partial charge < -0.3 is 10.2 Å². The van der Waals surface area contributed by atoms with Crippen LogP contribution in [0.15, 0.2) is 18.2 Å². The van der Waals surface area contributed by atoms with Crippen LogP contribution in [0.1, 0.15) is 5.56 Å². The third-order valence-electron chi connectivity index (χ3n) is 1.10. The van der Waals surface area contributed by atoms with Crippen LogP contribution in [0.4, 0.5) is 8.78 Å². The van der Waals surface area contributed by atoms with Crippen LogP contribution < -0.4 is 0 Å². The van der Waals surface area contributed by atoms with Crippen LogP contribution in [-0.4, -0.2) is 17.3 Å². The molecule has 0 unspecified atom stereocenters. The lowest BCUT2D eigenvalue weighted by molar-refractivity contribution is 0.280. The SMILES string of the molecule is CO.OCc1cc(F)cc(F)c1. The molecule has 0 heterocycles. The molecule has 0 bridgehead atoms. The summed E-state index contributed by atoms with van der Waals surface area (Å²) in [6.07, 6.45) is 0. The maximum absolute atomic E-state index is 12.3. The molecule has 0 aliphatic carbocycles. The molecule has 2 N–H and O–H groups in total. The highest BCUT2D eigenvalue weighted by atomic mass is 19.1. The van der Waals surface area contributed by atoms with E-state index >= 15 is 0 Å². The molecule has 0 amide bonds. The monoisotopic (exact) mass is 176 g/mol. The van der Waals surface area contributed by atoms with Gasteiger partial charge in [-0.1, -0.05) is 0 Å². The molecule has 1 rings (SSSR count). The molecule has 2 nitrogen and oxygen atoms in total. The van der Waals surface area contributed by atoms with Gasteiger partial charge in [-0.05, 0) is 17.7 Å². The molecule has 1 aromatic carbocycles. The average Bonchev–Trinajstić information content (AvgIpc) is 2.06. The lowest BCUT2D eigenvalue weighted by Crippen LogP contribution is -1.86. The Morgan fingerprint density at radius 2 is 1.50 bits per heavy atom. The summed E-state index contributed by atoms with van der Waals surface area (Å²) >= 11 is 0. The summed E-state index contributed by atoms with van der Waals surface area (Å²) < 4.78 is 24.5. The highest BCUT2D eigenvalue weighted by molar-refractivity contribution is 5.16. The summed E-state index contributed by atoms with van der Waals surface area (Å²) in [4.78, 5) is 0. The maximum Gasteiger partial charge on any atom is 0.126 e. The molecule has 0 saturated carbocycles. The molecule has 0 atom stereocenters. The summed E-state index contributed by atoms with van der Waals surface area (Å²) in [7, 11) is 1.00. The van der Waals surface area contributed by atoms with E-state index in [9.17, 15) is 8.78 Å². The summed E-state index contributed by atoms with van der Waals surface area (Å²) in [5.74, 6) is -1.33. The molecule has 0 aromatic heterocycles. The Morgan fingerprint density at radius 3 is 1.83 bits per heavy atom. The van der Waals surface area contributed by atoms with Crippen molar-refractivity contribution in [3.8, 4) is 0 Å². The fourth-order valence-electron chi connectivity index (χ4n) is 0.702. The maximum atomic E-state index is 12.3. The Labute approximate surface area is 69.1 Å². The summed E-state index contributed by atoms with van der Waals surface area (Å²) in [5.41, 5.74) is 0.248. The molecular formula is C8H10F2O2. The predicted molar refractivity (Wildman–Crippen MR) is 40.4 cm³/mol. The zero-order valence-electron chi connectivity index (χ0n) is 6.59. The Morgan fingerprint density at radius 1 is 1.08 bits per heavy atom. The quantitative estimate of drug-likeness (QED) is 0.671. The number of aliphatic hydroxyl groups is 2. The van der Waals surface area contributed by atoms with Crippen LogP contribution in [-0.2, 0) is 6.61 Å². The minimum atomic E-state index is -0.663. The van der Waals surface area contributed by atoms with Gasteiger partial charge in [-0.2, -0.15) is 0 Å². The first-order valence-corrected chi connectivity index (χ1v) is 3.23. The Bertz CT molecular complexity index is 218. The van der Waals surface area contributed by atoms with Crippen molar-refractivity contribution < 1.29 is 19.0 Å². The molecule has 0 spiro atoms. The molecular weight excluding hydrogens is 166 g/mol. The fourth-order valence-corrected chi connectivity index (χ4v) is 0.702. The number of halogens is 2. The van der Waals surface area contributed by atoms with Gasteiger partial charge in [-0.25, -0.2) is 8.78 Å². The van der Waals surface area contributed by atoms with E-state index in [4.69, 9.17) is 10.2 Å². The van der Waals surface area contributed by atoms with Crippen LogP contribution in [0, 0.1) is 11.6 Å². The second kappa shape index (κ2) is 5.62. The normalized spacial score (nSPS) is 8.75. The zero-order chi connectivity index (χ0) is 9.56. The zero-order valence-corrected chi connectivity index (χ0v) is 6.59. The third-order valence-corrected chi connectivity index (χ3v) is 1.10. The van der Waals surface area contributed by atoms with Gasteiger partial charge in [0.15, 0.2) is 0 Å². The summed E-state index contributed by atoms with van der Waals surface area (Å²) in [6.45, 7) is -0.339. The smallest absolute Gasteiger partial charge is 0.126 e. The van der Waals surface area contributed by atoms with Crippen molar-refractivity contribution in [2.75, 3.05) is 7.11 Å². The van der Waals surface area contributed by atoms with Gasteiger partial charge in [0.1, 0.15) is 11.6 Å². The van der Waals surface area contributed by atoms with Gasteiger partial charge in [0.2, 0.25) is 0 Å². The van der Waals surface area contributed by atoms with Gasteiger partial charge in [0.25, 0.3) is 0 Å². The number of aliphatic hydroxyl groups excluding tert-OH is 2. The molecule has 0 saturated heterocycles. The molecule has 4 heteroatoms. The van der Waals surface area contributed by atoms with Crippen LogP contribution in [0.3, 0.4) is 0 Å². The second-order valence-corrected chi connectivity index (χ2v) is 1.94. The lowest BCUT2D eigenvalue weighted by atomic mass is 10.2. The van der Waals surface area contributed by atoms with Gasteiger partial charge in [-0.15, -0.1) is 0 Å². The minimum Gasteiger partial charge on any atom is -0.400 e. The fraction of sp³-hybridized carbons (Fsp3) is 0.250. The first kappa shape index (κ1) is 11.0. The Kier molecular flexibility index (Phi) is 5.16. The molecule has 68 valence electrons. The Balaban J connectivity index is 0.000000561. The van der Waals surface area contributed by atoms with E-state index < -0.39 is 11.6 Å². The predicted octanol–water partition coefficient (Wildman–Crippen LogP) is 1.07. The molecule has 0 aliphatic rings. The second-order valence-electron chi connectivity index (χ2n) is 1.94. The van der Waals surface area contributed by atoms with Crippen molar-refractivity contribution in [2.24, 2.45) is 0 Å². The molecule has 0 fully saturated rings. The largest absolute Gasteiger partial charge is 0.400 e. The van der Waals surface area contributed by atoms with E-state index in [2.05, 4.69) is 0 Å². The Hall–Kier alpha value is -1.00. The van der Waals surface area contributed by atoms with Crippen molar-refractivity contribution in [3.05, 3.63) is 35.4 Å². The highest BCUT2D eigenvalue weighted by Crippen LogP contribution is 2.06. The van der Waals surface area contributed by atoms with Crippen molar-refractivity contribution >= 4 is 0 Å². The standard InChI is InChI=1S/C7H6F2O.CH4O/c8-6-1-5(4-10)2-7(9)3-6;1-2/h1-3,10H,4H2;2H,1H3. The van der Waals surface area contributed by atoms with Crippen LogP contribution in [0.2, 0.25) is 0 Å². The van der Waals surface area contributed by atoms with Crippen LogP contribution in [0.25, 0.3) is 0 Å². The van der Waals surface area contributed by atoms with Crippen LogP contribution >= 0.6 is 0 Å². The highest BCUT2D eigenvalue weighted by Gasteiger charge is 1.97. The van der Waals surface area contributed by atoms with E-state index in [-0.39, 0.29) is 12.2 Å². The van der Waals surface area contributed by atoms with E-state index in [1.807, 2.05) is 0 Å². The lowest BCUT2D eigenvalue weighted by Gasteiger charge is -1.95. The first-order valence-electron chi connectivity index (χ1n) is 3.23.